The number of ether oxygens (including phenoxy) is 4. The summed E-state index contributed by atoms with van der Waals surface area (Å²) in [5.41, 5.74) is -0.0822. The summed E-state index contributed by atoms with van der Waals surface area (Å²) in [5, 5.41) is 0.886. The molecule has 1 saturated heterocycles. The maximum Gasteiger partial charge on any atom is 0.416 e. The first-order valence-electron chi connectivity index (χ1n) is 12.4. The molecule has 0 unspecified atom stereocenters. The lowest BCUT2D eigenvalue weighted by atomic mass is 10.0. The van der Waals surface area contributed by atoms with Crippen LogP contribution in [0.25, 0.3) is 16.2 Å². The van der Waals surface area contributed by atoms with Crippen LogP contribution in [0.4, 0.5) is 13.2 Å². The first-order chi connectivity index (χ1) is 18.5. The summed E-state index contributed by atoms with van der Waals surface area (Å²) < 4.78 is 61.7. The molecule has 0 radical (unpaired) electrons. The van der Waals surface area contributed by atoms with Crippen LogP contribution in [0.2, 0.25) is 0 Å². The number of methoxy groups -OCH3 is 1. The topological polar surface area (TPSA) is 71.1 Å². The smallest absolute Gasteiger partial charge is 0.416 e. The Bertz CT molecular complexity index is 1340. The fraction of sp³-hybridized carbons (Fsp3) is 0.379. The van der Waals surface area contributed by atoms with Gasteiger partial charge in [0.25, 0.3) is 0 Å². The SMILES string of the molecule is COC(=O)CCC[C@@H]1OC(C)(C)O[C@@H]1/C=C/c1c(C(=O)COc2ccc(C(F)(F)F)cc2)sc2ccccc12. The van der Waals surface area contributed by atoms with Crippen molar-refractivity contribution in [1.29, 1.82) is 0 Å². The number of carbonyl (C=O) groups is 2. The van der Waals surface area contributed by atoms with Crippen molar-refractivity contribution in [2.24, 2.45) is 0 Å². The molecule has 0 spiro atoms. The van der Waals surface area contributed by atoms with E-state index in [2.05, 4.69) is 0 Å². The highest BCUT2D eigenvalue weighted by Crippen LogP contribution is 2.36. The molecule has 1 aliphatic rings. The molecule has 1 fully saturated rings. The lowest BCUT2D eigenvalue weighted by Gasteiger charge is -2.16. The second kappa shape index (κ2) is 11.9. The van der Waals surface area contributed by atoms with Crippen molar-refractivity contribution in [1.82, 2.24) is 0 Å². The van der Waals surface area contributed by atoms with E-state index in [1.807, 2.05) is 50.3 Å². The second-order valence-electron chi connectivity index (χ2n) is 9.54. The van der Waals surface area contributed by atoms with Gasteiger partial charge in [0, 0.05) is 22.1 Å². The van der Waals surface area contributed by atoms with E-state index in [1.165, 1.54) is 30.6 Å². The molecule has 4 rings (SSSR count). The van der Waals surface area contributed by atoms with Gasteiger partial charge in [0.05, 0.1) is 23.7 Å². The minimum Gasteiger partial charge on any atom is -0.485 e. The Kier molecular flexibility index (Phi) is 8.78. The van der Waals surface area contributed by atoms with Crippen LogP contribution in [0.15, 0.2) is 54.6 Å². The lowest BCUT2D eigenvalue weighted by molar-refractivity contribution is -0.144. The maximum absolute atomic E-state index is 13.2. The number of benzene rings is 2. The summed E-state index contributed by atoms with van der Waals surface area (Å²) in [6, 6.07) is 11.8. The van der Waals surface area contributed by atoms with Crippen molar-refractivity contribution in [2.45, 2.75) is 57.3 Å². The quantitative estimate of drug-likeness (QED) is 0.195. The van der Waals surface area contributed by atoms with Crippen LogP contribution in [0.3, 0.4) is 0 Å². The number of fused-ring (bicyclic) bond motifs is 1. The van der Waals surface area contributed by atoms with Gasteiger partial charge in [0.15, 0.2) is 12.4 Å². The van der Waals surface area contributed by atoms with Gasteiger partial charge in [0.1, 0.15) is 11.9 Å². The van der Waals surface area contributed by atoms with Crippen molar-refractivity contribution in [3.63, 3.8) is 0 Å². The Hall–Kier alpha value is -3.21. The molecule has 39 heavy (non-hydrogen) atoms. The number of hydrogen-bond acceptors (Lipinski definition) is 7. The van der Waals surface area contributed by atoms with E-state index >= 15 is 0 Å². The number of carbonyl (C=O) groups excluding carboxylic acids is 2. The Morgan fingerprint density at radius 1 is 1.08 bits per heavy atom. The molecule has 0 aliphatic carbocycles. The average Bonchev–Trinajstić information content (AvgIpc) is 3.41. The van der Waals surface area contributed by atoms with Crippen LogP contribution < -0.4 is 4.74 Å². The van der Waals surface area contributed by atoms with Gasteiger partial charge in [-0.1, -0.05) is 30.4 Å². The zero-order valence-corrected chi connectivity index (χ0v) is 22.6. The molecule has 0 N–H and O–H groups in total. The van der Waals surface area contributed by atoms with E-state index in [0.717, 1.165) is 22.2 Å². The molecule has 10 heteroatoms. The Balaban J connectivity index is 1.52. The summed E-state index contributed by atoms with van der Waals surface area (Å²) in [7, 11) is 1.35. The highest BCUT2D eigenvalue weighted by molar-refractivity contribution is 7.21. The largest absolute Gasteiger partial charge is 0.485 e. The van der Waals surface area contributed by atoms with Crippen molar-refractivity contribution in [3.05, 3.63) is 70.6 Å². The summed E-state index contributed by atoms with van der Waals surface area (Å²) in [4.78, 5) is 25.2. The monoisotopic (exact) mass is 562 g/mol. The van der Waals surface area contributed by atoms with Crippen molar-refractivity contribution in [3.8, 4) is 5.75 Å². The van der Waals surface area contributed by atoms with Crippen LogP contribution in [-0.2, 0) is 25.2 Å². The zero-order chi connectivity index (χ0) is 28.2. The van der Waals surface area contributed by atoms with Crippen molar-refractivity contribution < 1.29 is 41.7 Å². The molecule has 0 amide bonds. The van der Waals surface area contributed by atoms with Crippen LogP contribution >= 0.6 is 11.3 Å². The number of alkyl halides is 3. The molecule has 6 nitrogen and oxygen atoms in total. The Labute approximate surface area is 228 Å². The number of halogens is 3. The van der Waals surface area contributed by atoms with Gasteiger partial charge in [0.2, 0.25) is 5.78 Å². The molecule has 2 atom stereocenters. The number of Topliss-reactive ketones (excluding diaryl/α,β-unsaturated/α-hetero) is 1. The van der Waals surface area contributed by atoms with Gasteiger partial charge < -0.3 is 18.9 Å². The molecule has 2 heterocycles. The van der Waals surface area contributed by atoms with Gasteiger partial charge in [-0.25, -0.2) is 0 Å². The van der Waals surface area contributed by atoms with E-state index in [9.17, 15) is 22.8 Å². The van der Waals surface area contributed by atoms with Crippen LogP contribution in [0, 0.1) is 0 Å². The third kappa shape index (κ3) is 7.26. The maximum atomic E-state index is 13.2. The van der Waals surface area contributed by atoms with Gasteiger partial charge >= 0.3 is 12.1 Å². The van der Waals surface area contributed by atoms with E-state index < -0.39 is 23.6 Å². The molecule has 0 saturated carbocycles. The summed E-state index contributed by atoms with van der Waals surface area (Å²) >= 11 is 1.32. The third-order valence-corrected chi connectivity index (χ3v) is 7.44. The van der Waals surface area contributed by atoms with Crippen LogP contribution in [0.1, 0.15) is 53.9 Å². The standard InChI is InChI=1S/C29H29F3O6S/c1-28(2)37-23(8-6-10-26(34)35-3)24(38-28)16-15-21-20-7-4-5-9-25(20)39-27(21)22(33)17-36-19-13-11-18(12-14-19)29(30,31)32/h4-5,7,9,11-16,23-24H,6,8,10,17H2,1-3H3/b16-15+/t23-,24+/m0/s1. The predicted octanol–water partition coefficient (Wildman–Crippen LogP) is 7.06. The Morgan fingerprint density at radius 3 is 2.49 bits per heavy atom. The molecular formula is C29H29F3O6S. The minimum absolute atomic E-state index is 0.170. The molecule has 1 aliphatic heterocycles. The fourth-order valence-corrected chi connectivity index (χ4v) is 5.50. The number of esters is 1. The number of hydrogen-bond donors (Lipinski definition) is 0. The zero-order valence-electron chi connectivity index (χ0n) is 21.7. The highest BCUT2D eigenvalue weighted by Gasteiger charge is 2.39. The van der Waals surface area contributed by atoms with Gasteiger partial charge in [-0.2, -0.15) is 13.2 Å². The molecule has 2 aromatic carbocycles. The van der Waals surface area contributed by atoms with Crippen LogP contribution in [0.5, 0.6) is 5.75 Å². The summed E-state index contributed by atoms with van der Waals surface area (Å²) in [6.45, 7) is 3.31. The number of rotatable bonds is 10. The number of thiophene rings is 1. The molecule has 208 valence electrons. The average molecular weight is 563 g/mol. The lowest BCUT2D eigenvalue weighted by Crippen LogP contribution is -2.21. The first-order valence-corrected chi connectivity index (χ1v) is 13.2. The third-order valence-electron chi connectivity index (χ3n) is 6.21. The number of ketones is 1. The molecular weight excluding hydrogens is 533 g/mol. The summed E-state index contributed by atoms with van der Waals surface area (Å²) in [5.74, 6) is -1.22. The van der Waals surface area contributed by atoms with Crippen molar-refractivity contribution in [2.75, 3.05) is 13.7 Å². The van der Waals surface area contributed by atoms with Crippen molar-refractivity contribution >= 4 is 39.3 Å². The first kappa shape index (κ1) is 28.8. The molecule has 0 bridgehead atoms. The fourth-order valence-electron chi connectivity index (χ4n) is 4.38. The van der Waals surface area contributed by atoms with E-state index in [0.29, 0.717) is 23.3 Å². The highest BCUT2D eigenvalue weighted by atomic mass is 32.1. The van der Waals surface area contributed by atoms with Crippen LogP contribution in [-0.4, -0.2) is 43.5 Å². The second-order valence-corrected chi connectivity index (χ2v) is 10.6. The normalized spacial score (nSPS) is 19.0. The predicted molar refractivity (Wildman–Crippen MR) is 142 cm³/mol. The van der Waals surface area contributed by atoms with E-state index in [-0.39, 0.29) is 36.6 Å². The van der Waals surface area contributed by atoms with Gasteiger partial charge in [-0.15, -0.1) is 11.3 Å². The molecule has 3 aromatic rings. The minimum atomic E-state index is -4.45. The van der Waals surface area contributed by atoms with E-state index in [4.69, 9.17) is 18.9 Å². The molecule has 1 aromatic heterocycles. The summed E-state index contributed by atoms with van der Waals surface area (Å²) in [6.07, 6.45) is 0.0108. The van der Waals surface area contributed by atoms with Gasteiger partial charge in [-0.3, -0.25) is 9.59 Å². The van der Waals surface area contributed by atoms with E-state index in [1.54, 1.807) is 0 Å². The Morgan fingerprint density at radius 2 is 1.79 bits per heavy atom. The van der Waals surface area contributed by atoms with Gasteiger partial charge in [-0.05, 0) is 57.0 Å².